The first-order valence-electron chi connectivity index (χ1n) is 4.71. The molecule has 1 aromatic rings. The molecule has 0 aromatic heterocycles. The second-order valence-corrected chi connectivity index (χ2v) is 3.46. The molecular weight excluding hydrogens is 178 g/mol. The van der Waals surface area contributed by atoms with Gasteiger partial charge in [-0.25, -0.2) is 0 Å². The van der Waals surface area contributed by atoms with Crippen LogP contribution in [0.3, 0.4) is 0 Å². The summed E-state index contributed by atoms with van der Waals surface area (Å²) in [5.41, 5.74) is 2.32. The molecule has 0 saturated carbocycles. The van der Waals surface area contributed by atoms with E-state index in [1.807, 2.05) is 24.3 Å². The number of fused-ring (bicyclic) bond motifs is 1. The van der Waals surface area contributed by atoms with E-state index in [0.29, 0.717) is 6.54 Å². The molecule has 1 aromatic carbocycles. The number of carbonyl (C=O) groups is 1. The number of methoxy groups -OCH3 is 1. The third-order valence-electron chi connectivity index (χ3n) is 2.56. The smallest absolute Gasteiger partial charge is 0.310 e. The zero-order valence-corrected chi connectivity index (χ0v) is 8.12. The Morgan fingerprint density at radius 1 is 1.50 bits per heavy atom. The van der Waals surface area contributed by atoms with E-state index in [-0.39, 0.29) is 11.9 Å². The number of para-hydroxylation sites is 1. The maximum absolute atomic E-state index is 11.3. The Labute approximate surface area is 83.1 Å². The molecule has 0 bridgehead atoms. The molecule has 0 aliphatic carbocycles. The summed E-state index contributed by atoms with van der Waals surface area (Å²) in [6, 6.07) is 8.05. The van der Waals surface area contributed by atoms with E-state index < -0.39 is 0 Å². The number of benzene rings is 1. The van der Waals surface area contributed by atoms with Gasteiger partial charge in [0.1, 0.15) is 0 Å². The highest BCUT2D eigenvalue weighted by molar-refractivity contribution is 5.75. The largest absolute Gasteiger partial charge is 0.469 e. The van der Waals surface area contributed by atoms with Crippen LogP contribution in [0.5, 0.6) is 0 Å². The van der Waals surface area contributed by atoms with Crippen LogP contribution in [0.2, 0.25) is 0 Å². The molecule has 3 heteroatoms. The van der Waals surface area contributed by atoms with Crippen LogP contribution in [0, 0.1) is 5.92 Å². The minimum Gasteiger partial charge on any atom is -0.469 e. The maximum Gasteiger partial charge on any atom is 0.310 e. The van der Waals surface area contributed by atoms with E-state index in [2.05, 4.69) is 5.32 Å². The van der Waals surface area contributed by atoms with Crippen molar-refractivity contribution in [1.29, 1.82) is 0 Å². The van der Waals surface area contributed by atoms with Gasteiger partial charge in [0.15, 0.2) is 0 Å². The molecule has 1 aliphatic heterocycles. The minimum absolute atomic E-state index is 0.0464. The van der Waals surface area contributed by atoms with Gasteiger partial charge in [0.05, 0.1) is 13.0 Å². The molecule has 2 rings (SSSR count). The van der Waals surface area contributed by atoms with Gasteiger partial charge in [-0.05, 0) is 18.1 Å². The summed E-state index contributed by atoms with van der Waals surface area (Å²) >= 11 is 0. The first-order valence-corrected chi connectivity index (χ1v) is 4.71. The van der Waals surface area contributed by atoms with Gasteiger partial charge in [-0.1, -0.05) is 18.2 Å². The molecule has 1 heterocycles. The lowest BCUT2D eigenvalue weighted by molar-refractivity contribution is -0.145. The monoisotopic (exact) mass is 191 g/mol. The highest BCUT2D eigenvalue weighted by Gasteiger charge is 2.24. The van der Waals surface area contributed by atoms with Crippen LogP contribution in [-0.4, -0.2) is 19.6 Å². The number of hydrogen-bond acceptors (Lipinski definition) is 3. The molecule has 74 valence electrons. The van der Waals surface area contributed by atoms with Crippen LogP contribution in [0.15, 0.2) is 24.3 Å². The van der Waals surface area contributed by atoms with Crippen molar-refractivity contribution in [2.75, 3.05) is 19.0 Å². The maximum atomic E-state index is 11.3. The number of ether oxygens (including phenoxy) is 1. The Hall–Kier alpha value is -1.51. The van der Waals surface area contributed by atoms with E-state index in [1.165, 1.54) is 12.7 Å². The van der Waals surface area contributed by atoms with Crippen molar-refractivity contribution in [2.24, 2.45) is 5.92 Å². The third kappa shape index (κ3) is 1.58. The number of rotatable bonds is 1. The quantitative estimate of drug-likeness (QED) is 0.683. The second-order valence-electron chi connectivity index (χ2n) is 3.46. The highest BCUT2D eigenvalue weighted by Crippen LogP contribution is 2.24. The number of hydrogen-bond donors (Lipinski definition) is 1. The standard InChI is InChI=1S/C11H13NO2/c1-14-11(13)9-6-8-4-2-3-5-10(8)12-7-9/h2-5,9,12H,6-7H2,1H3/t9-/m0/s1. The highest BCUT2D eigenvalue weighted by atomic mass is 16.5. The SMILES string of the molecule is COC(=O)[C@@H]1CNc2ccccc2C1. The zero-order valence-electron chi connectivity index (χ0n) is 8.12. The van der Waals surface area contributed by atoms with Gasteiger partial charge in [-0.15, -0.1) is 0 Å². The average molecular weight is 191 g/mol. The lowest BCUT2D eigenvalue weighted by Crippen LogP contribution is -2.30. The van der Waals surface area contributed by atoms with Crippen LogP contribution in [0.25, 0.3) is 0 Å². The Bertz CT molecular complexity index is 349. The van der Waals surface area contributed by atoms with Gasteiger partial charge < -0.3 is 10.1 Å². The molecule has 1 N–H and O–H groups in total. The predicted octanol–water partition coefficient (Wildman–Crippen LogP) is 1.44. The van der Waals surface area contributed by atoms with Crippen molar-refractivity contribution in [3.8, 4) is 0 Å². The van der Waals surface area contributed by atoms with Gasteiger partial charge in [0.2, 0.25) is 0 Å². The van der Waals surface area contributed by atoms with Crippen LogP contribution in [0.1, 0.15) is 5.56 Å². The number of esters is 1. The number of nitrogens with one attached hydrogen (secondary N) is 1. The molecule has 0 spiro atoms. The second kappa shape index (κ2) is 3.70. The molecular formula is C11H13NO2. The molecule has 3 nitrogen and oxygen atoms in total. The molecule has 0 amide bonds. The molecule has 0 saturated heterocycles. The van der Waals surface area contributed by atoms with Crippen molar-refractivity contribution >= 4 is 11.7 Å². The van der Waals surface area contributed by atoms with E-state index in [0.717, 1.165) is 12.1 Å². The van der Waals surface area contributed by atoms with E-state index in [9.17, 15) is 4.79 Å². The van der Waals surface area contributed by atoms with Gasteiger partial charge in [0, 0.05) is 12.2 Å². The zero-order chi connectivity index (χ0) is 9.97. The first kappa shape index (κ1) is 9.06. The Balaban J connectivity index is 2.17. The average Bonchev–Trinajstić information content (AvgIpc) is 2.27. The molecule has 0 unspecified atom stereocenters. The van der Waals surface area contributed by atoms with Crippen molar-refractivity contribution in [3.05, 3.63) is 29.8 Å². The Kier molecular flexibility index (Phi) is 2.39. The van der Waals surface area contributed by atoms with E-state index in [1.54, 1.807) is 0 Å². The van der Waals surface area contributed by atoms with Crippen molar-refractivity contribution in [3.63, 3.8) is 0 Å². The molecule has 0 fully saturated rings. The fourth-order valence-corrected chi connectivity index (χ4v) is 1.77. The summed E-state index contributed by atoms with van der Waals surface area (Å²) in [5.74, 6) is -0.179. The van der Waals surface area contributed by atoms with Gasteiger partial charge in [-0.2, -0.15) is 0 Å². The van der Waals surface area contributed by atoms with Crippen molar-refractivity contribution in [2.45, 2.75) is 6.42 Å². The van der Waals surface area contributed by atoms with Crippen molar-refractivity contribution < 1.29 is 9.53 Å². The van der Waals surface area contributed by atoms with Gasteiger partial charge in [0.25, 0.3) is 0 Å². The fourth-order valence-electron chi connectivity index (χ4n) is 1.77. The third-order valence-corrected chi connectivity index (χ3v) is 2.56. The fraction of sp³-hybridized carbons (Fsp3) is 0.364. The Morgan fingerprint density at radius 3 is 3.07 bits per heavy atom. The van der Waals surface area contributed by atoms with Crippen LogP contribution < -0.4 is 5.32 Å². The topological polar surface area (TPSA) is 38.3 Å². The summed E-state index contributed by atoms with van der Waals surface area (Å²) in [4.78, 5) is 11.3. The molecule has 1 aliphatic rings. The van der Waals surface area contributed by atoms with E-state index >= 15 is 0 Å². The molecule has 0 radical (unpaired) electrons. The Morgan fingerprint density at radius 2 is 2.29 bits per heavy atom. The van der Waals surface area contributed by atoms with Crippen LogP contribution in [-0.2, 0) is 16.0 Å². The summed E-state index contributed by atoms with van der Waals surface area (Å²) in [6.45, 7) is 0.670. The van der Waals surface area contributed by atoms with Crippen LogP contribution in [0.4, 0.5) is 5.69 Å². The van der Waals surface area contributed by atoms with Gasteiger partial charge in [-0.3, -0.25) is 4.79 Å². The lowest BCUT2D eigenvalue weighted by Gasteiger charge is -2.24. The van der Waals surface area contributed by atoms with Gasteiger partial charge >= 0.3 is 5.97 Å². The summed E-state index contributed by atoms with van der Waals surface area (Å²) in [7, 11) is 1.43. The van der Waals surface area contributed by atoms with Crippen LogP contribution >= 0.6 is 0 Å². The summed E-state index contributed by atoms with van der Waals surface area (Å²) in [5, 5.41) is 3.23. The number of anilines is 1. The minimum atomic E-state index is -0.132. The van der Waals surface area contributed by atoms with E-state index in [4.69, 9.17) is 4.74 Å². The summed E-state index contributed by atoms with van der Waals surface area (Å²) in [6.07, 6.45) is 0.774. The molecule has 1 atom stereocenters. The normalized spacial score (nSPS) is 19.4. The lowest BCUT2D eigenvalue weighted by atomic mass is 9.94. The molecule has 14 heavy (non-hydrogen) atoms. The first-order chi connectivity index (χ1) is 6.81. The van der Waals surface area contributed by atoms with Crippen molar-refractivity contribution in [1.82, 2.24) is 0 Å². The summed E-state index contributed by atoms with van der Waals surface area (Å²) < 4.78 is 4.73. The predicted molar refractivity (Wildman–Crippen MR) is 54.1 cm³/mol. The number of carbonyl (C=O) groups excluding carboxylic acids is 1.